The van der Waals surface area contributed by atoms with Gasteiger partial charge in [-0.25, -0.2) is 0 Å². The van der Waals surface area contributed by atoms with Gasteiger partial charge in [0.1, 0.15) is 0 Å². The van der Waals surface area contributed by atoms with Crippen LogP contribution in [0.4, 0.5) is 0 Å². The van der Waals surface area contributed by atoms with Crippen molar-refractivity contribution in [2.24, 2.45) is 5.16 Å². The Morgan fingerprint density at radius 3 is 3.00 bits per heavy atom. The van der Waals surface area contributed by atoms with Gasteiger partial charge in [-0.05, 0) is 31.5 Å². The van der Waals surface area contributed by atoms with Crippen LogP contribution in [0, 0.1) is 6.92 Å². The fourth-order valence-electron chi connectivity index (χ4n) is 2.99. The number of benzene rings is 1. The van der Waals surface area contributed by atoms with Crippen LogP contribution >= 0.6 is 0 Å². The summed E-state index contributed by atoms with van der Waals surface area (Å²) >= 11 is 0. The second kappa shape index (κ2) is 6.70. The summed E-state index contributed by atoms with van der Waals surface area (Å²) in [6, 6.07) is 5.60. The molecule has 4 rings (SSSR count). The van der Waals surface area contributed by atoms with Gasteiger partial charge >= 0.3 is 0 Å². The van der Waals surface area contributed by atoms with Gasteiger partial charge < -0.3 is 19.6 Å². The van der Waals surface area contributed by atoms with Crippen LogP contribution in [0.3, 0.4) is 0 Å². The molecule has 0 fully saturated rings. The van der Waals surface area contributed by atoms with E-state index in [1.807, 2.05) is 42.9 Å². The highest BCUT2D eigenvalue weighted by atomic mass is 16.7. The van der Waals surface area contributed by atoms with Crippen LogP contribution in [-0.2, 0) is 22.7 Å². The average Bonchev–Trinajstić information content (AvgIpc) is 3.37. The number of carbonyl (C=O) groups excluding carboxylic acids is 1. The van der Waals surface area contributed by atoms with Crippen molar-refractivity contribution in [3.8, 4) is 11.5 Å². The molecule has 26 heavy (non-hydrogen) atoms. The molecule has 1 N–H and O–H groups in total. The van der Waals surface area contributed by atoms with E-state index in [1.165, 1.54) is 0 Å². The summed E-state index contributed by atoms with van der Waals surface area (Å²) in [6.07, 6.45) is 1.75. The topological polar surface area (TPSA) is 87.0 Å². The normalized spacial score (nSPS) is 17.8. The quantitative estimate of drug-likeness (QED) is 0.882. The summed E-state index contributed by atoms with van der Waals surface area (Å²) in [4.78, 5) is 17.7. The molecule has 0 aliphatic carbocycles. The number of fused-ring (bicyclic) bond motifs is 1. The van der Waals surface area contributed by atoms with Crippen molar-refractivity contribution in [1.82, 2.24) is 15.1 Å². The predicted octanol–water partition coefficient (Wildman–Crippen LogP) is 1.75. The van der Waals surface area contributed by atoms with Crippen molar-refractivity contribution in [3.63, 3.8) is 0 Å². The van der Waals surface area contributed by atoms with Gasteiger partial charge in [-0.3, -0.25) is 9.48 Å². The number of oxime groups is 1. The summed E-state index contributed by atoms with van der Waals surface area (Å²) in [5.41, 5.74) is 3.50. The third-order valence-corrected chi connectivity index (χ3v) is 4.45. The number of aryl methyl sites for hydroxylation is 2. The maximum absolute atomic E-state index is 12.4. The Morgan fingerprint density at radius 1 is 1.35 bits per heavy atom. The van der Waals surface area contributed by atoms with Gasteiger partial charge in [-0.15, -0.1) is 0 Å². The third kappa shape index (κ3) is 3.10. The number of carbonyl (C=O) groups is 1. The van der Waals surface area contributed by atoms with Crippen LogP contribution in [0.15, 0.2) is 29.6 Å². The van der Waals surface area contributed by atoms with Crippen molar-refractivity contribution in [3.05, 3.63) is 41.2 Å². The molecule has 2 aromatic rings. The second-order valence-corrected chi connectivity index (χ2v) is 6.23. The first-order chi connectivity index (χ1) is 12.6. The maximum atomic E-state index is 12.4. The largest absolute Gasteiger partial charge is 0.454 e. The van der Waals surface area contributed by atoms with Crippen LogP contribution in [0.5, 0.6) is 11.5 Å². The standard InChI is InChI=1S/C18H20N4O4/c1-3-22-9-13(11(2)20-22)14-7-17(26-21-14)18(23)19-8-12-4-5-15-16(6-12)25-10-24-15/h4-6,9,17H,3,7-8,10H2,1-2H3,(H,19,23)/t17-/m0/s1. The zero-order chi connectivity index (χ0) is 18.1. The molecule has 2 aliphatic rings. The first-order valence-corrected chi connectivity index (χ1v) is 8.57. The number of nitrogens with one attached hydrogen (secondary N) is 1. The lowest BCUT2D eigenvalue weighted by molar-refractivity contribution is -0.131. The molecule has 0 saturated carbocycles. The summed E-state index contributed by atoms with van der Waals surface area (Å²) in [7, 11) is 0. The highest BCUT2D eigenvalue weighted by molar-refractivity contribution is 6.04. The molecule has 1 atom stereocenters. The summed E-state index contributed by atoms with van der Waals surface area (Å²) in [5, 5.41) is 11.4. The molecule has 8 nitrogen and oxygen atoms in total. The minimum atomic E-state index is -0.622. The Labute approximate surface area is 150 Å². The van der Waals surface area contributed by atoms with Crippen molar-refractivity contribution < 1.29 is 19.1 Å². The molecule has 8 heteroatoms. The van der Waals surface area contributed by atoms with Crippen LogP contribution < -0.4 is 14.8 Å². The SMILES string of the molecule is CCn1cc(C2=NO[C@H](C(=O)NCc3ccc4c(c3)OCO4)C2)c(C)n1. The van der Waals surface area contributed by atoms with Crippen molar-refractivity contribution >= 4 is 11.6 Å². The van der Waals surface area contributed by atoms with Gasteiger partial charge in [-0.1, -0.05) is 11.2 Å². The van der Waals surface area contributed by atoms with E-state index in [1.54, 1.807) is 0 Å². The van der Waals surface area contributed by atoms with Gasteiger partial charge in [0, 0.05) is 31.3 Å². The first-order valence-electron chi connectivity index (χ1n) is 8.57. The number of amides is 1. The van der Waals surface area contributed by atoms with E-state index in [2.05, 4.69) is 15.6 Å². The van der Waals surface area contributed by atoms with Crippen molar-refractivity contribution in [1.29, 1.82) is 0 Å². The predicted molar refractivity (Wildman–Crippen MR) is 93.1 cm³/mol. The van der Waals surface area contributed by atoms with E-state index < -0.39 is 6.10 Å². The lowest BCUT2D eigenvalue weighted by atomic mass is 10.1. The molecule has 0 bridgehead atoms. The second-order valence-electron chi connectivity index (χ2n) is 6.23. The Bertz CT molecular complexity index is 874. The molecule has 1 amide bonds. The molecule has 0 unspecified atom stereocenters. The van der Waals surface area contributed by atoms with Crippen LogP contribution in [-0.4, -0.2) is 34.3 Å². The molecular formula is C18H20N4O4. The Balaban J connectivity index is 1.34. The van der Waals surface area contributed by atoms with Crippen LogP contribution in [0.25, 0.3) is 0 Å². The summed E-state index contributed by atoms with van der Waals surface area (Å²) in [5.74, 6) is 1.23. The van der Waals surface area contributed by atoms with Gasteiger partial charge in [0.05, 0.1) is 11.4 Å². The fourth-order valence-corrected chi connectivity index (χ4v) is 2.99. The molecule has 0 spiro atoms. The lowest BCUT2D eigenvalue weighted by Gasteiger charge is -2.10. The smallest absolute Gasteiger partial charge is 0.264 e. The zero-order valence-corrected chi connectivity index (χ0v) is 14.7. The molecule has 1 aromatic carbocycles. The molecule has 2 aliphatic heterocycles. The highest BCUT2D eigenvalue weighted by Gasteiger charge is 2.30. The monoisotopic (exact) mass is 356 g/mol. The van der Waals surface area contributed by atoms with Gasteiger partial charge in [0.2, 0.25) is 12.9 Å². The Kier molecular flexibility index (Phi) is 4.24. The summed E-state index contributed by atoms with van der Waals surface area (Å²) < 4.78 is 12.5. The molecule has 1 aromatic heterocycles. The van der Waals surface area contributed by atoms with Gasteiger partial charge in [0.15, 0.2) is 11.5 Å². The zero-order valence-electron chi connectivity index (χ0n) is 14.7. The first kappa shape index (κ1) is 16.4. The maximum Gasteiger partial charge on any atom is 0.264 e. The van der Waals surface area contributed by atoms with E-state index in [0.29, 0.717) is 18.7 Å². The number of rotatable bonds is 5. The van der Waals surface area contributed by atoms with Crippen molar-refractivity contribution in [2.75, 3.05) is 6.79 Å². The molecule has 3 heterocycles. The van der Waals surface area contributed by atoms with Crippen LogP contribution in [0.2, 0.25) is 0 Å². The van der Waals surface area contributed by atoms with Crippen molar-refractivity contribution in [2.45, 2.75) is 39.5 Å². The minimum absolute atomic E-state index is 0.193. The number of hydrogen-bond acceptors (Lipinski definition) is 6. The molecule has 136 valence electrons. The average molecular weight is 356 g/mol. The Hall–Kier alpha value is -3.03. The summed E-state index contributed by atoms with van der Waals surface area (Å²) in [6.45, 7) is 5.35. The van der Waals surface area contributed by atoms with Crippen LogP contribution in [0.1, 0.15) is 30.2 Å². The van der Waals surface area contributed by atoms with E-state index >= 15 is 0 Å². The number of aromatic nitrogens is 2. The van der Waals surface area contributed by atoms with E-state index in [4.69, 9.17) is 14.3 Å². The third-order valence-electron chi connectivity index (χ3n) is 4.45. The van der Waals surface area contributed by atoms with E-state index in [-0.39, 0.29) is 12.7 Å². The Morgan fingerprint density at radius 2 is 2.19 bits per heavy atom. The number of ether oxygens (including phenoxy) is 2. The minimum Gasteiger partial charge on any atom is -0.454 e. The van der Waals surface area contributed by atoms with E-state index in [9.17, 15) is 4.79 Å². The highest BCUT2D eigenvalue weighted by Crippen LogP contribution is 2.32. The van der Waals surface area contributed by atoms with Gasteiger partial charge in [-0.2, -0.15) is 5.10 Å². The van der Waals surface area contributed by atoms with E-state index in [0.717, 1.165) is 34.8 Å². The molecule has 0 saturated heterocycles. The number of nitrogens with zero attached hydrogens (tertiary/aromatic N) is 3. The lowest BCUT2D eigenvalue weighted by Crippen LogP contribution is -2.34. The number of hydrogen-bond donors (Lipinski definition) is 1. The fraction of sp³-hybridized carbons (Fsp3) is 0.389. The molecule has 0 radical (unpaired) electrons. The van der Waals surface area contributed by atoms with Gasteiger partial charge in [0.25, 0.3) is 5.91 Å². The molecular weight excluding hydrogens is 336 g/mol.